The molecule has 4 aromatic rings. The van der Waals surface area contributed by atoms with E-state index in [9.17, 15) is 14.7 Å². The number of carbonyl (C=O) groups excluding carboxylic acids is 1. The van der Waals surface area contributed by atoms with E-state index in [4.69, 9.17) is 31.5 Å². The van der Waals surface area contributed by atoms with Crippen molar-refractivity contribution in [2.24, 2.45) is 11.7 Å². The Balaban J connectivity index is 1.74. The number of amides is 1. The predicted octanol–water partition coefficient (Wildman–Crippen LogP) is 3.72. The van der Waals surface area contributed by atoms with Crippen LogP contribution in [-0.2, 0) is 24.2 Å². The van der Waals surface area contributed by atoms with Crippen LogP contribution in [0.1, 0.15) is 22.6 Å². The molecule has 3 heterocycles. The second-order valence-electron chi connectivity index (χ2n) is 7.95. The summed E-state index contributed by atoms with van der Waals surface area (Å²) >= 11 is 8.41. The standard InChI is InChI=1S/C23H20ClN3O5S/c1-31-13-5-2-11(3-6-13)18-19-14-7-4-12(21(25)29)8-16(14)33-22(19)26-15(20(18)24)9-27-17(28)10-32-23(27)30/h2-3,5-6,10,12,28H,4,7-9H2,1H3,(H2,25,29)/t12-/m1/s1. The van der Waals surface area contributed by atoms with Crippen LogP contribution in [0.25, 0.3) is 21.3 Å². The van der Waals surface area contributed by atoms with Crippen LogP contribution in [0.2, 0.25) is 5.02 Å². The number of benzene rings is 1. The van der Waals surface area contributed by atoms with Crippen molar-refractivity contribution in [3.8, 4) is 22.8 Å². The van der Waals surface area contributed by atoms with Gasteiger partial charge < -0.3 is 20.0 Å². The van der Waals surface area contributed by atoms with E-state index >= 15 is 0 Å². The number of halogens is 1. The van der Waals surface area contributed by atoms with Crippen molar-refractivity contribution in [3.63, 3.8) is 0 Å². The van der Waals surface area contributed by atoms with Gasteiger partial charge in [0, 0.05) is 21.7 Å². The van der Waals surface area contributed by atoms with Crippen molar-refractivity contribution in [2.45, 2.75) is 25.8 Å². The summed E-state index contributed by atoms with van der Waals surface area (Å²) in [5.41, 5.74) is 8.80. The maximum Gasteiger partial charge on any atom is 0.422 e. The first-order valence-electron chi connectivity index (χ1n) is 10.3. The quantitative estimate of drug-likeness (QED) is 0.444. The fourth-order valence-electron chi connectivity index (χ4n) is 4.33. The summed E-state index contributed by atoms with van der Waals surface area (Å²) in [6, 6.07) is 7.55. The molecule has 0 unspecified atom stereocenters. The minimum absolute atomic E-state index is 0.0500. The number of carbonyl (C=O) groups is 1. The third kappa shape index (κ3) is 3.67. The maximum absolute atomic E-state index is 12.0. The average Bonchev–Trinajstić information content (AvgIpc) is 3.33. The van der Waals surface area contributed by atoms with Crippen LogP contribution < -0.4 is 16.2 Å². The van der Waals surface area contributed by atoms with Crippen LogP contribution in [0.3, 0.4) is 0 Å². The number of primary amides is 1. The Morgan fingerprint density at radius 2 is 2.15 bits per heavy atom. The van der Waals surface area contributed by atoms with E-state index in [0.29, 0.717) is 35.7 Å². The molecule has 0 saturated heterocycles. The van der Waals surface area contributed by atoms with Crippen LogP contribution in [0.4, 0.5) is 0 Å². The van der Waals surface area contributed by atoms with Gasteiger partial charge in [-0.05, 0) is 42.5 Å². The maximum atomic E-state index is 12.0. The van der Waals surface area contributed by atoms with Crippen molar-refractivity contribution in [1.82, 2.24) is 9.55 Å². The summed E-state index contributed by atoms with van der Waals surface area (Å²) in [6.07, 6.45) is 2.93. The number of hydrogen-bond acceptors (Lipinski definition) is 7. The van der Waals surface area contributed by atoms with Gasteiger partial charge in [0.05, 0.1) is 24.4 Å². The van der Waals surface area contributed by atoms with Gasteiger partial charge in [-0.2, -0.15) is 0 Å². The van der Waals surface area contributed by atoms with Gasteiger partial charge in [-0.15, -0.1) is 11.3 Å². The van der Waals surface area contributed by atoms with E-state index < -0.39 is 5.76 Å². The van der Waals surface area contributed by atoms with Gasteiger partial charge in [0.25, 0.3) is 0 Å². The van der Waals surface area contributed by atoms with E-state index in [1.54, 1.807) is 7.11 Å². The van der Waals surface area contributed by atoms with E-state index in [1.807, 2.05) is 24.3 Å². The number of hydrogen-bond donors (Lipinski definition) is 2. The van der Waals surface area contributed by atoms with Crippen molar-refractivity contribution < 1.29 is 19.1 Å². The number of rotatable bonds is 5. The summed E-state index contributed by atoms with van der Waals surface area (Å²) in [5.74, 6) is -0.793. The number of thiophene rings is 1. The summed E-state index contributed by atoms with van der Waals surface area (Å²) in [7, 11) is 1.60. The lowest BCUT2D eigenvalue weighted by Gasteiger charge is -2.20. The van der Waals surface area contributed by atoms with Gasteiger partial charge in [0.1, 0.15) is 10.6 Å². The molecule has 1 aromatic carbocycles. The number of aryl methyl sites for hydroxylation is 1. The summed E-state index contributed by atoms with van der Waals surface area (Å²) in [6.45, 7) is -0.0500. The molecule has 8 nitrogen and oxygen atoms in total. The first-order valence-corrected chi connectivity index (χ1v) is 11.5. The monoisotopic (exact) mass is 485 g/mol. The molecule has 0 aliphatic heterocycles. The molecule has 0 fully saturated rings. The number of fused-ring (bicyclic) bond motifs is 3. The molecule has 5 rings (SSSR count). The molecule has 10 heteroatoms. The van der Waals surface area contributed by atoms with Gasteiger partial charge in [0.2, 0.25) is 11.8 Å². The first-order chi connectivity index (χ1) is 15.9. The molecular weight excluding hydrogens is 466 g/mol. The third-order valence-corrected chi connectivity index (χ3v) is 7.61. The lowest BCUT2D eigenvalue weighted by molar-refractivity contribution is -0.122. The van der Waals surface area contributed by atoms with Gasteiger partial charge in [-0.1, -0.05) is 23.7 Å². The lowest BCUT2D eigenvalue weighted by atomic mass is 9.86. The molecule has 170 valence electrons. The van der Waals surface area contributed by atoms with Crippen LogP contribution in [0.15, 0.2) is 39.7 Å². The molecule has 1 aliphatic carbocycles. The Morgan fingerprint density at radius 3 is 2.79 bits per heavy atom. The van der Waals surface area contributed by atoms with Crippen molar-refractivity contribution in [2.75, 3.05) is 7.11 Å². The van der Waals surface area contributed by atoms with Crippen LogP contribution in [0, 0.1) is 5.92 Å². The summed E-state index contributed by atoms with van der Waals surface area (Å²) in [5, 5.41) is 11.3. The number of nitrogens with zero attached hydrogens (tertiary/aromatic N) is 2. The molecule has 33 heavy (non-hydrogen) atoms. The number of pyridine rings is 1. The molecular formula is C23H20ClN3O5S. The highest BCUT2D eigenvalue weighted by Crippen LogP contribution is 2.45. The Kier molecular flexibility index (Phi) is 5.38. The Labute approximate surface area is 197 Å². The lowest BCUT2D eigenvalue weighted by Crippen LogP contribution is -2.27. The molecule has 0 radical (unpaired) electrons. The van der Waals surface area contributed by atoms with Crippen LogP contribution in [0.5, 0.6) is 11.6 Å². The largest absolute Gasteiger partial charge is 0.497 e. The zero-order valence-corrected chi connectivity index (χ0v) is 19.2. The molecule has 0 spiro atoms. The summed E-state index contributed by atoms with van der Waals surface area (Å²) < 4.78 is 11.1. The van der Waals surface area contributed by atoms with Gasteiger partial charge in [-0.25, -0.2) is 14.3 Å². The second kappa shape index (κ2) is 8.24. The predicted molar refractivity (Wildman–Crippen MR) is 125 cm³/mol. The van der Waals surface area contributed by atoms with Gasteiger partial charge in [-0.3, -0.25) is 4.79 Å². The summed E-state index contributed by atoms with van der Waals surface area (Å²) in [4.78, 5) is 30.4. The van der Waals surface area contributed by atoms with Gasteiger partial charge in [0.15, 0.2) is 6.26 Å². The fraction of sp³-hybridized carbons (Fsp3) is 0.261. The molecule has 0 saturated carbocycles. The SMILES string of the molecule is COc1ccc(-c2c(Cl)c(Cn3c(O)coc3=O)nc3sc4c(c23)CC[C@@H](C(N)=O)C4)cc1. The minimum atomic E-state index is -0.703. The zero-order valence-electron chi connectivity index (χ0n) is 17.6. The van der Waals surface area contributed by atoms with Gasteiger partial charge >= 0.3 is 5.76 Å². The molecule has 1 aliphatic rings. The van der Waals surface area contributed by atoms with E-state index in [-0.39, 0.29) is 24.2 Å². The van der Waals surface area contributed by atoms with Crippen LogP contribution >= 0.6 is 22.9 Å². The Bertz CT molecular complexity index is 1440. The number of aromatic hydroxyl groups is 1. The normalized spacial score (nSPS) is 15.5. The Hall–Kier alpha value is -3.30. The second-order valence-corrected chi connectivity index (χ2v) is 9.41. The topological polar surface area (TPSA) is 121 Å². The molecule has 1 atom stereocenters. The minimum Gasteiger partial charge on any atom is -0.497 e. The molecule has 1 amide bonds. The number of ether oxygens (including phenoxy) is 1. The number of nitrogens with two attached hydrogens (primary N) is 1. The third-order valence-electron chi connectivity index (χ3n) is 6.06. The zero-order chi connectivity index (χ0) is 23.3. The van der Waals surface area contributed by atoms with Crippen molar-refractivity contribution >= 4 is 39.1 Å². The van der Waals surface area contributed by atoms with Crippen LogP contribution in [-0.4, -0.2) is 27.7 Å². The van der Waals surface area contributed by atoms with Crippen molar-refractivity contribution in [1.29, 1.82) is 0 Å². The number of oxazole rings is 1. The van der Waals surface area contributed by atoms with Crippen molar-refractivity contribution in [3.05, 3.63) is 62.2 Å². The molecule has 0 bridgehead atoms. The molecule has 3 aromatic heterocycles. The number of methoxy groups -OCH3 is 1. The van der Waals surface area contributed by atoms with E-state index in [2.05, 4.69) is 0 Å². The smallest absolute Gasteiger partial charge is 0.422 e. The first kappa shape index (κ1) is 21.5. The Morgan fingerprint density at radius 1 is 1.39 bits per heavy atom. The van der Waals surface area contributed by atoms with E-state index in [1.165, 1.54) is 11.3 Å². The highest BCUT2D eigenvalue weighted by molar-refractivity contribution is 7.19. The van der Waals surface area contributed by atoms with E-state index in [0.717, 1.165) is 42.6 Å². The highest BCUT2D eigenvalue weighted by atomic mass is 35.5. The average molecular weight is 486 g/mol. The highest BCUT2D eigenvalue weighted by Gasteiger charge is 2.29. The fourth-order valence-corrected chi connectivity index (χ4v) is 5.96. The number of aromatic nitrogens is 2. The molecule has 3 N–H and O–H groups in total.